The first kappa shape index (κ1) is 11.3. The third-order valence-corrected chi connectivity index (χ3v) is 2.48. The van der Waals surface area contributed by atoms with E-state index < -0.39 is 0 Å². The van der Waals surface area contributed by atoms with Crippen LogP contribution in [-0.4, -0.2) is 15.2 Å². The number of nitrogens with one attached hydrogen (secondary N) is 1. The van der Waals surface area contributed by atoms with Gasteiger partial charge in [0.1, 0.15) is 6.33 Å². The van der Waals surface area contributed by atoms with E-state index in [4.69, 9.17) is 0 Å². The van der Waals surface area contributed by atoms with Crippen LogP contribution in [0.2, 0.25) is 0 Å². The molecule has 0 aliphatic rings. The van der Waals surface area contributed by atoms with Gasteiger partial charge in [0, 0.05) is 17.5 Å². The molecule has 0 amide bonds. The van der Waals surface area contributed by atoms with Crippen molar-refractivity contribution >= 4 is 0 Å². The lowest BCUT2D eigenvalue weighted by Gasteiger charge is -1.99. The third kappa shape index (κ3) is 3.14. The summed E-state index contributed by atoms with van der Waals surface area (Å²) in [6, 6.07) is 12.4. The van der Waals surface area contributed by atoms with Crippen LogP contribution >= 0.6 is 0 Å². The van der Waals surface area contributed by atoms with Gasteiger partial charge in [-0.15, -0.1) is 0 Å². The number of hydrogen-bond acceptors (Lipinski definition) is 2. The number of nitrogens with zero attached hydrogens (tertiary/aromatic N) is 2. The molecule has 0 unspecified atom stereocenters. The van der Waals surface area contributed by atoms with Crippen LogP contribution in [0.3, 0.4) is 0 Å². The maximum absolute atomic E-state index is 4.12. The van der Waals surface area contributed by atoms with Crippen LogP contribution in [0.5, 0.6) is 0 Å². The second-order valence-corrected chi connectivity index (χ2v) is 3.97. The summed E-state index contributed by atoms with van der Waals surface area (Å²) in [6.45, 7) is 4.04. The van der Waals surface area contributed by atoms with E-state index in [9.17, 15) is 0 Å². The van der Waals surface area contributed by atoms with Gasteiger partial charge in [-0.2, -0.15) is 5.10 Å². The molecule has 17 heavy (non-hydrogen) atoms. The van der Waals surface area contributed by atoms with Crippen LogP contribution < -0.4 is 0 Å². The zero-order valence-electron chi connectivity index (χ0n) is 10.0. The number of hydrogen-bond donors (Lipinski definition) is 1. The molecular weight excluding hydrogens is 210 g/mol. The minimum Gasteiger partial charge on any atom is -0.281 e. The van der Waals surface area contributed by atoms with Gasteiger partial charge in [-0.3, -0.25) is 5.10 Å². The molecule has 0 aliphatic heterocycles. The summed E-state index contributed by atoms with van der Waals surface area (Å²) in [5.74, 6) is 0. The second kappa shape index (κ2) is 5.25. The third-order valence-electron chi connectivity index (χ3n) is 2.48. The summed E-state index contributed by atoms with van der Waals surface area (Å²) in [7, 11) is 0. The Labute approximate surface area is 101 Å². The molecule has 0 fully saturated rings. The zero-order valence-corrected chi connectivity index (χ0v) is 10.0. The monoisotopic (exact) mass is 225 g/mol. The molecular formula is C14H15N3. The Balaban J connectivity index is 2.52. The van der Waals surface area contributed by atoms with Crippen molar-refractivity contribution in [1.82, 2.24) is 15.2 Å². The van der Waals surface area contributed by atoms with Crippen LogP contribution in [0.15, 0.2) is 48.9 Å². The Morgan fingerprint density at radius 2 is 1.59 bits per heavy atom. The molecule has 2 aromatic rings. The normalized spacial score (nSPS) is 9.76. The number of H-pyrrole nitrogens is 1. The molecule has 0 radical (unpaired) electrons. The molecule has 3 nitrogen and oxygen atoms in total. The van der Waals surface area contributed by atoms with Crippen molar-refractivity contribution in [1.29, 1.82) is 0 Å². The highest BCUT2D eigenvalue weighted by molar-refractivity contribution is 5.62. The van der Waals surface area contributed by atoms with E-state index in [-0.39, 0.29) is 0 Å². The number of rotatable bonds is 1. The number of aromatic amines is 1. The van der Waals surface area contributed by atoms with Crippen LogP contribution in [0.25, 0.3) is 11.1 Å². The van der Waals surface area contributed by atoms with E-state index in [2.05, 4.69) is 46.4 Å². The van der Waals surface area contributed by atoms with E-state index in [0.717, 1.165) is 16.8 Å². The summed E-state index contributed by atoms with van der Waals surface area (Å²) in [5, 5.41) is 6.82. The Kier molecular flexibility index (Phi) is 3.50. The first-order valence-corrected chi connectivity index (χ1v) is 5.52. The number of aryl methyl sites for hydroxylation is 2. The zero-order chi connectivity index (χ0) is 12.1. The lowest BCUT2D eigenvalue weighted by atomic mass is 10.1. The molecule has 1 aromatic carbocycles. The molecule has 0 atom stereocenters. The number of aromatic nitrogens is 3. The van der Waals surface area contributed by atoms with Gasteiger partial charge >= 0.3 is 0 Å². The highest BCUT2D eigenvalue weighted by Gasteiger charge is 1.94. The van der Waals surface area contributed by atoms with Crippen molar-refractivity contribution in [2.45, 2.75) is 13.8 Å². The van der Waals surface area contributed by atoms with Gasteiger partial charge < -0.3 is 0 Å². The maximum atomic E-state index is 4.12. The van der Waals surface area contributed by atoms with Crippen molar-refractivity contribution in [3.8, 4) is 11.1 Å². The topological polar surface area (TPSA) is 41.6 Å². The van der Waals surface area contributed by atoms with Gasteiger partial charge in [0.2, 0.25) is 0 Å². The van der Waals surface area contributed by atoms with Gasteiger partial charge in [0.05, 0.1) is 0 Å². The smallest absolute Gasteiger partial charge is 0.135 e. The standard InChI is InChI=1S/C14H15N3/c1-11-3-6-13(7-4-11)14-8-5-12(2)17-16-10-15-9-14/h3-10,17H,1-2H3. The summed E-state index contributed by atoms with van der Waals surface area (Å²) in [4.78, 5) is 4.12. The molecule has 86 valence electrons. The maximum Gasteiger partial charge on any atom is 0.135 e. The van der Waals surface area contributed by atoms with Crippen LogP contribution in [-0.2, 0) is 0 Å². The molecule has 0 aliphatic carbocycles. The molecule has 0 bridgehead atoms. The SMILES string of the molecule is Cc1ccc(-c2ccc(C)[nH]ncnc2)cc1. The van der Waals surface area contributed by atoms with E-state index >= 15 is 0 Å². The van der Waals surface area contributed by atoms with Gasteiger partial charge in [0.15, 0.2) is 0 Å². The average Bonchev–Trinajstić information content (AvgIpc) is 2.43. The van der Waals surface area contributed by atoms with E-state index in [1.54, 1.807) is 0 Å². The molecule has 1 heterocycles. The molecule has 1 N–H and O–H groups in total. The number of benzene rings is 1. The predicted molar refractivity (Wildman–Crippen MR) is 68.9 cm³/mol. The molecule has 0 spiro atoms. The highest BCUT2D eigenvalue weighted by atomic mass is 15.1. The van der Waals surface area contributed by atoms with Crippen molar-refractivity contribution in [2.24, 2.45) is 0 Å². The van der Waals surface area contributed by atoms with Crippen LogP contribution in [0.4, 0.5) is 0 Å². The lowest BCUT2D eigenvalue weighted by molar-refractivity contribution is 0.972. The molecule has 3 heteroatoms. The summed E-state index contributed by atoms with van der Waals surface area (Å²) in [5.41, 5.74) is 4.46. The van der Waals surface area contributed by atoms with Gasteiger partial charge in [-0.05, 0) is 25.5 Å². The quantitative estimate of drug-likeness (QED) is 0.809. The second-order valence-electron chi connectivity index (χ2n) is 3.97. The largest absolute Gasteiger partial charge is 0.281 e. The Morgan fingerprint density at radius 1 is 0.882 bits per heavy atom. The summed E-state index contributed by atoms with van der Waals surface area (Å²) in [6.07, 6.45) is 3.32. The summed E-state index contributed by atoms with van der Waals surface area (Å²) < 4.78 is 0. The Bertz CT molecular complexity index is 540. The minimum atomic E-state index is 0.983. The fraction of sp³-hybridized carbons (Fsp3) is 0.143. The van der Waals surface area contributed by atoms with Crippen molar-refractivity contribution < 1.29 is 0 Å². The van der Waals surface area contributed by atoms with Crippen LogP contribution in [0, 0.1) is 13.8 Å². The fourth-order valence-corrected chi connectivity index (χ4v) is 1.49. The molecule has 2 rings (SSSR count). The van der Waals surface area contributed by atoms with E-state index in [0.29, 0.717) is 0 Å². The first-order valence-electron chi connectivity index (χ1n) is 5.52. The fourth-order valence-electron chi connectivity index (χ4n) is 1.49. The van der Waals surface area contributed by atoms with Crippen molar-refractivity contribution in [3.63, 3.8) is 0 Å². The molecule has 0 saturated carbocycles. The molecule has 1 aromatic heterocycles. The van der Waals surface area contributed by atoms with E-state index in [1.165, 1.54) is 11.9 Å². The first-order chi connectivity index (χ1) is 8.25. The predicted octanol–water partition coefficient (Wildman–Crippen LogP) is 3.21. The Hall–Kier alpha value is -2.16. The molecule has 0 saturated heterocycles. The van der Waals surface area contributed by atoms with Crippen molar-refractivity contribution in [3.05, 3.63) is 60.2 Å². The van der Waals surface area contributed by atoms with Gasteiger partial charge in [-0.25, -0.2) is 4.98 Å². The highest BCUT2D eigenvalue weighted by Crippen LogP contribution is 2.17. The summed E-state index contributed by atoms with van der Waals surface area (Å²) >= 11 is 0. The van der Waals surface area contributed by atoms with Gasteiger partial charge in [-0.1, -0.05) is 35.9 Å². The van der Waals surface area contributed by atoms with E-state index in [1.807, 2.05) is 25.3 Å². The van der Waals surface area contributed by atoms with Crippen LogP contribution in [0.1, 0.15) is 11.3 Å². The average molecular weight is 225 g/mol. The van der Waals surface area contributed by atoms with Gasteiger partial charge in [0.25, 0.3) is 0 Å². The Morgan fingerprint density at radius 3 is 2.35 bits per heavy atom. The van der Waals surface area contributed by atoms with Crippen molar-refractivity contribution in [2.75, 3.05) is 0 Å². The minimum absolute atomic E-state index is 0.983. The lowest BCUT2D eigenvalue weighted by Crippen LogP contribution is -1.77.